The number of carbonyl (C=O) groups is 1. The third-order valence-corrected chi connectivity index (χ3v) is 3.98. The smallest absolute Gasteiger partial charge is 0.306 e. The lowest BCUT2D eigenvalue weighted by molar-refractivity contribution is -0.141. The second-order valence-electron chi connectivity index (χ2n) is 4.51. The van der Waals surface area contributed by atoms with Crippen LogP contribution >= 0.6 is 15.9 Å². The standard InChI is InChI=1S/C14H18BrNO3/c1-18-14(17)6-7-16-8-9-19-13(10-16)11-4-2-3-5-12(11)15/h2-5,13H,6-10H2,1H3. The lowest BCUT2D eigenvalue weighted by Gasteiger charge is -2.33. The fraction of sp³-hybridized carbons (Fsp3) is 0.500. The van der Waals surface area contributed by atoms with Crippen LogP contribution in [0.3, 0.4) is 0 Å². The van der Waals surface area contributed by atoms with Gasteiger partial charge in [0.25, 0.3) is 0 Å². The van der Waals surface area contributed by atoms with Gasteiger partial charge in [-0.1, -0.05) is 34.1 Å². The lowest BCUT2D eigenvalue weighted by atomic mass is 10.1. The van der Waals surface area contributed by atoms with Crippen molar-refractivity contribution in [2.24, 2.45) is 0 Å². The Morgan fingerprint density at radius 2 is 2.32 bits per heavy atom. The van der Waals surface area contributed by atoms with Crippen molar-refractivity contribution in [1.29, 1.82) is 0 Å². The van der Waals surface area contributed by atoms with Crippen molar-refractivity contribution < 1.29 is 14.3 Å². The van der Waals surface area contributed by atoms with Gasteiger partial charge in [-0.2, -0.15) is 0 Å². The molecule has 0 saturated carbocycles. The number of ether oxygens (including phenoxy) is 2. The van der Waals surface area contributed by atoms with Crippen LogP contribution in [0.5, 0.6) is 0 Å². The summed E-state index contributed by atoms with van der Waals surface area (Å²) < 4.78 is 11.6. The van der Waals surface area contributed by atoms with Gasteiger partial charge in [-0.3, -0.25) is 9.69 Å². The van der Waals surface area contributed by atoms with Gasteiger partial charge in [-0.25, -0.2) is 0 Å². The lowest BCUT2D eigenvalue weighted by Crippen LogP contribution is -2.39. The minimum absolute atomic E-state index is 0.0574. The van der Waals surface area contributed by atoms with E-state index in [1.54, 1.807) is 0 Å². The van der Waals surface area contributed by atoms with E-state index in [9.17, 15) is 4.79 Å². The number of carbonyl (C=O) groups excluding carboxylic acids is 1. The summed E-state index contributed by atoms with van der Waals surface area (Å²) in [5, 5.41) is 0. The summed E-state index contributed by atoms with van der Waals surface area (Å²) in [5.74, 6) is -0.163. The van der Waals surface area contributed by atoms with Gasteiger partial charge in [0.2, 0.25) is 0 Å². The highest BCUT2D eigenvalue weighted by atomic mass is 79.9. The highest BCUT2D eigenvalue weighted by Gasteiger charge is 2.23. The van der Waals surface area contributed by atoms with E-state index in [0.717, 1.165) is 29.7 Å². The summed E-state index contributed by atoms with van der Waals surface area (Å²) >= 11 is 3.55. The predicted molar refractivity (Wildman–Crippen MR) is 75.9 cm³/mol. The second kappa shape index (κ2) is 7.03. The van der Waals surface area contributed by atoms with Gasteiger partial charge in [0, 0.05) is 24.1 Å². The molecule has 1 atom stereocenters. The van der Waals surface area contributed by atoms with Crippen LogP contribution in [-0.4, -0.2) is 44.2 Å². The normalized spacial score (nSPS) is 20.2. The third-order valence-electron chi connectivity index (χ3n) is 3.26. The Morgan fingerprint density at radius 1 is 1.53 bits per heavy atom. The molecule has 104 valence electrons. The average Bonchev–Trinajstić information content (AvgIpc) is 2.45. The molecular formula is C14H18BrNO3. The van der Waals surface area contributed by atoms with Crippen LogP contribution in [0.15, 0.2) is 28.7 Å². The van der Waals surface area contributed by atoms with Crippen molar-refractivity contribution >= 4 is 21.9 Å². The van der Waals surface area contributed by atoms with E-state index in [4.69, 9.17) is 4.74 Å². The molecule has 1 aliphatic rings. The van der Waals surface area contributed by atoms with E-state index in [0.29, 0.717) is 13.0 Å². The topological polar surface area (TPSA) is 38.8 Å². The maximum Gasteiger partial charge on any atom is 0.306 e. The quantitative estimate of drug-likeness (QED) is 0.796. The number of hydrogen-bond donors (Lipinski definition) is 0. The van der Waals surface area contributed by atoms with Crippen LogP contribution in [0.4, 0.5) is 0 Å². The minimum atomic E-state index is -0.163. The molecule has 5 heteroatoms. The third kappa shape index (κ3) is 4.03. The van der Waals surface area contributed by atoms with Crippen molar-refractivity contribution in [1.82, 2.24) is 4.90 Å². The summed E-state index contributed by atoms with van der Waals surface area (Å²) in [7, 11) is 1.42. The Morgan fingerprint density at radius 3 is 3.05 bits per heavy atom. The zero-order chi connectivity index (χ0) is 13.7. The molecule has 0 N–H and O–H groups in total. The zero-order valence-electron chi connectivity index (χ0n) is 11.0. The molecule has 0 radical (unpaired) electrons. The summed E-state index contributed by atoms with van der Waals surface area (Å²) in [6.07, 6.45) is 0.487. The predicted octanol–water partition coefficient (Wildman–Crippen LogP) is 2.39. The van der Waals surface area contributed by atoms with Gasteiger partial charge < -0.3 is 9.47 Å². The van der Waals surface area contributed by atoms with E-state index in [1.165, 1.54) is 7.11 Å². The number of halogens is 1. The van der Waals surface area contributed by atoms with Crippen molar-refractivity contribution in [2.45, 2.75) is 12.5 Å². The van der Waals surface area contributed by atoms with Crippen LogP contribution in [0, 0.1) is 0 Å². The Bertz CT molecular complexity index is 438. The fourth-order valence-corrected chi connectivity index (χ4v) is 2.72. The first kappa shape index (κ1) is 14.5. The molecule has 0 aromatic heterocycles. The summed E-state index contributed by atoms with van der Waals surface area (Å²) in [6, 6.07) is 8.09. The van der Waals surface area contributed by atoms with E-state index in [-0.39, 0.29) is 12.1 Å². The Balaban J connectivity index is 1.94. The molecule has 1 aromatic carbocycles. The van der Waals surface area contributed by atoms with Crippen LogP contribution in [-0.2, 0) is 14.3 Å². The first-order valence-corrected chi connectivity index (χ1v) is 7.15. The van der Waals surface area contributed by atoms with Gasteiger partial charge >= 0.3 is 5.97 Å². The molecule has 1 unspecified atom stereocenters. The van der Waals surface area contributed by atoms with Crippen molar-refractivity contribution in [3.8, 4) is 0 Å². The first-order chi connectivity index (χ1) is 9.20. The maximum absolute atomic E-state index is 11.2. The number of methoxy groups -OCH3 is 1. The largest absolute Gasteiger partial charge is 0.469 e. The summed E-state index contributed by atoms with van der Waals surface area (Å²) in [4.78, 5) is 13.4. The number of rotatable bonds is 4. The number of morpholine rings is 1. The van der Waals surface area contributed by atoms with Gasteiger partial charge in [-0.15, -0.1) is 0 Å². The first-order valence-electron chi connectivity index (χ1n) is 6.36. The number of esters is 1. The number of hydrogen-bond acceptors (Lipinski definition) is 4. The van der Waals surface area contributed by atoms with Gasteiger partial charge in [-0.05, 0) is 11.6 Å². The summed E-state index contributed by atoms with van der Waals surface area (Å²) in [5.41, 5.74) is 1.16. The zero-order valence-corrected chi connectivity index (χ0v) is 12.6. The van der Waals surface area contributed by atoms with Crippen LogP contribution in [0.25, 0.3) is 0 Å². The van der Waals surface area contributed by atoms with Crippen molar-refractivity contribution in [3.05, 3.63) is 34.3 Å². The fourth-order valence-electron chi connectivity index (χ4n) is 2.18. The molecule has 0 amide bonds. The SMILES string of the molecule is COC(=O)CCN1CCOC(c2ccccc2Br)C1. The van der Waals surface area contributed by atoms with E-state index < -0.39 is 0 Å². The summed E-state index contributed by atoms with van der Waals surface area (Å²) in [6.45, 7) is 3.07. The number of benzene rings is 1. The molecule has 2 rings (SSSR count). The highest BCUT2D eigenvalue weighted by molar-refractivity contribution is 9.10. The van der Waals surface area contributed by atoms with Gasteiger partial charge in [0.1, 0.15) is 0 Å². The van der Waals surface area contributed by atoms with E-state index >= 15 is 0 Å². The molecule has 1 saturated heterocycles. The molecule has 1 fully saturated rings. The molecule has 0 spiro atoms. The Kier molecular flexibility index (Phi) is 5.36. The molecule has 0 aliphatic carbocycles. The minimum Gasteiger partial charge on any atom is -0.469 e. The molecule has 1 aliphatic heterocycles. The monoisotopic (exact) mass is 327 g/mol. The molecule has 19 heavy (non-hydrogen) atoms. The van der Waals surface area contributed by atoms with Gasteiger partial charge in [0.05, 0.1) is 26.2 Å². The average molecular weight is 328 g/mol. The molecule has 1 heterocycles. The van der Waals surface area contributed by atoms with E-state index in [2.05, 4.69) is 31.6 Å². The van der Waals surface area contributed by atoms with Crippen LogP contribution in [0.1, 0.15) is 18.1 Å². The second-order valence-corrected chi connectivity index (χ2v) is 5.36. The van der Waals surface area contributed by atoms with Crippen LogP contribution in [0.2, 0.25) is 0 Å². The Labute approximate surface area is 121 Å². The number of nitrogens with zero attached hydrogens (tertiary/aromatic N) is 1. The van der Waals surface area contributed by atoms with Gasteiger partial charge in [0.15, 0.2) is 0 Å². The molecule has 1 aromatic rings. The molecule has 4 nitrogen and oxygen atoms in total. The molecular weight excluding hydrogens is 310 g/mol. The Hall–Kier alpha value is -0.910. The van der Waals surface area contributed by atoms with Crippen molar-refractivity contribution in [3.63, 3.8) is 0 Å². The van der Waals surface area contributed by atoms with Crippen molar-refractivity contribution in [2.75, 3.05) is 33.4 Å². The maximum atomic E-state index is 11.2. The van der Waals surface area contributed by atoms with E-state index in [1.807, 2.05) is 18.2 Å². The highest BCUT2D eigenvalue weighted by Crippen LogP contribution is 2.28. The van der Waals surface area contributed by atoms with Crippen LogP contribution < -0.4 is 0 Å². The molecule has 0 bridgehead atoms.